The van der Waals surface area contributed by atoms with Crippen LogP contribution in [0.3, 0.4) is 0 Å². The summed E-state index contributed by atoms with van der Waals surface area (Å²) >= 11 is 0. The second kappa shape index (κ2) is 9.34. The van der Waals surface area contributed by atoms with E-state index >= 15 is 0 Å². The molecule has 0 aliphatic heterocycles. The summed E-state index contributed by atoms with van der Waals surface area (Å²) in [5, 5.41) is 1.24. The number of benzene rings is 3. The molecule has 0 spiro atoms. The fourth-order valence-electron chi connectivity index (χ4n) is 3.50. The van der Waals surface area contributed by atoms with Gasteiger partial charge in [-0.15, -0.1) is 0 Å². The van der Waals surface area contributed by atoms with Crippen molar-refractivity contribution in [3.8, 4) is 11.5 Å². The van der Waals surface area contributed by atoms with Gasteiger partial charge in [0.15, 0.2) is 5.58 Å². The minimum absolute atomic E-state index is 0. The second-order valence-corrected chi connectivity index (χ2v) is 9.59. The molecule has 5 rings (SSSR count). The molecule has 0 atom stereocenters. The Kier molecular flexibility index (Phi) is 7.43. The van der Waals surface area contributed by atoms with Crippen LogP contribution in [0.25, 0.3) is 44.2 Å². The van der Waals surface area contributed by atoms with E-state index in [-0.39, 0.29) is 81.5 Å². The summed E-state index contributed by atoms with van der Waals surface area (Å²) < 4.78 is 71.8. The molecule has 160 valence electrons. The average Bonchev–Trinajstić information content (AvgIpc) is 3.16. The number of para-hydroxylation sites is 1. The first-order chi connectivity index (χ1) is 14.6. The van der Waals surface area contributed by atoms with Crippen LogP contribution in [0.1, 0.15) is 0 Å². The Morgan fingerprint density at radius 3 is 2.24 bits per heavy atom. The number of hydrogen-bond donors (Lipinski definition) is 2. The standard InChI is InChI=1S/C20H12N2O7S2.2Na.2H/c23-30(24,25)12-5-6-13-11(9-12)10-17(31(26,27)28)19-18(13)22-20(29-19)15-7-8-21-16-4-2-1-3-14(15)16;;;;/h1-10H,(H,23,24,25)(H,26,27,28);;;;. The molecule has 0 radical (unpaired) electrons. The molecule has 0 saturated heterocycles. The molecule has 13 heteroatoms. The van der Waals surface area contributed by atoms with Crippen LogP contribution in [0.5, 0.6) is 0 Å². The van der Waals surface area contributed by atoms with Gasteiger partial charge in [-0.1, -0.05) is 24.3 Å². The summed E-state index contributed by atoms with van der Waals surface area (Å²) in [6.07, 6.45) is 1.56. The summed E-state index contributed by atoms with van der Waals surface area (Å²) in [7, 11) is -9.26. The molecule has 0 saturated carbocycles. The quantitative estimate of drug-likeness (QED) is 0.279. The first-order valence-corrected chi connectivity index (χ1v) is 11.7. The summed E-state index contributed by atoms with van der Waals surface area (Å²) in [6.45, 7) is 0. The molecule has 33 heavy (non-hydrogen) atoms. The molecule has 2 aromatic heterocycles. The Balaban J connectivity index is 0.00000153. The molecule has 0 fully saturated rings. The zero-order valence-electron chi connectivity index (χ0n) is 15.4. The number of nitrogens with zero attached hydrogens (tertiary/aromatic N) is 2. The van der Waals surface area contributed by atoms with E-state index < -0.39 is 30.0 Å². The molecular formula is C20H14N2Na2O7S2. The Hall–Kier alpha value is -1.38. The molecule has 5 aromatic rings. The van der Waals surface area contributed by atoms with Gasteiger partial charge in [-0.25, -0.2) is 4.98 Å². The third-order valence-electron chi connectivity index (χ3n) is 4.87. The minimum atomic E-state index is -4.74. The van der Waals surface area contributed by atoms with Crippen molar-refractivity contribution in [2.75, 3.05) is 0 Å². The van der Waals surface area contributed by atoms with Crippen molar-refractivity contribution >= 4 is 112 Å². The van der Waals surface area contributed by atoms with Gasteiger partial charge in [-0.3, -0.25) is 14.1 Å². The Morgan fingerprint density at radius 1 is 0.818 bits per heavy atom. The van der Waals surface area contributed by atoms with E-state index in [0.717, 1.165) is 17.5 Å². The molecule has 0 amide bonds. The predicted octanol–water partition coefficient (Wildman–Crippen LogP) is 2.39. The van der Waals surface area contributed by atoms with Crippen LogP contribution in [-0.2, 0) is 20.2 Å². The topological polar surface area (TPSA) is 148 Å². The van der Waals surface area contributed by atoms with E-state index in [2.05, 4.69) is 9.97 Å². The van der Waals surface area contributed by atoms with E-state index in [4.69, 9.17) is 4.42 Å². The van der Waals surface area contributed by atoms with Crippen LogP contribution in [0.2, 0.25) is 0 Å². The van der Waals surface area contributed by atoms with E-state index in [0.29, 0.717) is 16.5 Å². The normalized spacial score (nSPS) is 11.9. The van der Waals surface area contributed by atoms with Crippen LogP contribution in [0.4, 0.5) is 0 Å². The van der Waals surface area contributed by atoms with Gasteiger partial charge in [0.05, 0.1) is 10.4 Å². The number of hydrogen-bond acceptors (Lipinski definition) is 7. The monoisotopic (exact) mass is 504 g/mol. The van der Waals surface area contributed by atoms with Crippen molar-refractivity contribution in [1.82, 2.24) is 9.97 Å². The van der Waals surface area contributed by atoms with Gasteiger partial charge in [-0.2, -0.15) is 16.8 Å². The summed E-state index contributed by atoms with van der Waals surface area (Å²) in [5.41, 5.74) is 1.18. The number of aromatic nitrogens is 2. The van der Waals surface area contributed by atoms with Gasteiger partial charge in [-0.05, 0) is 35.7 Å². The summed E-state index contributed by atoms with van der Waals surface area (Å²) in [4.78, 5) is 7.72. The van der Waals surface area contributed by atoms with Crippen molar-refractivity contribution in [1.29, 1.82) is 0 Å². The first-order valence-electron chi connectivity index (χ1n) is 8.79. The van der Waals surface area contributed by atoms with Crippen molar-refractivity contribution in [2.24, 2.45) is 0 Å². The Morgan fingerprint density at radius 2 is 1.55 bits per heavy atom. The van der Waals surface area contributed by atoms with Crippen LogP contribution >= 0.6 is 0 Å². The van der Waals surface area contributed by atoms with Gasteiger partial charge in [0.25, 0.3) is 20.2 Å². The third kappa shape index (κ3) is 4.76. The van der Waals surface area contributed by atoms with E-state index in [1.165, 1.54) is 12.1 Å². The Bertz CT molecular complexity index is 1750. The van der Waals surface area contributed by atoms with Gasteiger partial charge in [0.2, 0.25) is 5.89 Å². The van der Waals surface area contributed by atoms with Crippen LogP contribution in [0.15, 0.2) is 75.0 Å². The van der Waals surface area contributed by atoms with Gasteiger partial charge < -0.3 is 4.42 Å². The molecule has 0 aliphatic carbocycles. The number of fused-ring (bicyclic) bond motifs is 4. The third-order valence-corrected chi connectivity index (χ3v) is 6.58. The molecular weight excluding hydrogens is 490 g/mol. The predicted molar refractivity (Wildman–Crippen MR) is 126 cm³/mol. The molecule has 2 heterocycles. The van der Waals surface area contributed by atoms with Gasteiger partial charge in [0.1, 0.15) is 10.4 Å². The van der Waals surface area contributed by atoms with Crippen molar-refractivity contribution in [3.63, 3.8) is 0 Å². The number of oxazole rings is 1. The molecule has 3 aromatic carbocycles. The number of pyridine rings is 1. The molecule has 0 bridgehead atoms. The van der Waals surface area contributed by atoms with Crippen LogP contribution in [-0.4, -0.2) is 95.0 Å². The van der Waals surface area contributed by atoms with E-state index in [1.807, 2.05) is 18.2 Å². The van der Waals surface area contributed by atoms with Crippen molar-refractivity contribution < 1.29 is 30.4 Å². The fraction of sp³-hybridized carbons (Fsp3) is 0. The summed E-state index contributed by atoms with van der Waals surface area (Å²) in [6, 6.07) is 13.6. The first kappa shape index (κ1) is 26.2. The fourth-order valence-corrected chi connectivity index (χ4v) is 4.67. The zero-order valence-corrected chi connectivity index (χ0v) is 17.1. The van der Waals surface area contributed by atoms with E-state index in [9.17, 15) is 25.9 Å². The molecule has 2 N–H and O–H groups in total. The van der Waals surface area contributed by atoms with Crippen LogP contribution < -0.4 is 0 Å². The molecule has 0 aliphatic rings. The van der Waals surface area contributed by atoms with E-state index in [1.54, 1.807) is 18.3 Å². The number of rotatable bonds is 3. The van der Waals surface area contributed by atoms with Gasteiger partial charge in [0, 0.05) is 22.5 Å². The summed E-state index contributed by atoms with van der Waals surface area (Å²) in [5.74, 6) is 0.102. The van der Waals surface area contributed by atoms with Gasteiger partial charge >= 0.3 is 59.1 Å². The Labute approximate surface area is 232 Å². The average molecular weight is 504 g/mol. The van der Waals surface area contributed by atoms with Crippen molar-refractivity contribution in [3.05, 3.63) is 60.8 Å². The van der Waals surface area contributed by atoms with Crippen LogP contribution in [0, 0.1) is 0 Å². The molecule has 0 unspecified atom stereocenters. The maximum absolute atomic E-state index is 12.0. The zero-order chi connectivity index (χ0) is 22.0. The van der Waals surface area contributed by atoms with Crippen molar-refractivity contribution in [2.45, 2.75) is 9.79 Å². The maximum atomic E-state index is 12.0. The SMILES string of the molecule is O=S(=O)(O)c1ccc2c(c1)cc(S(=O)(=O)O)c1oc(-c3ccnc4ccccc34)nc12.[NaH].[NaH]. The second-order valence-electron chi connectivity index (χ2n) is 6.78. The molecule has 9 nitrogen and oxygen atoms in total.